The van der Waals surface area contributed by atoms with Crippen LogP contribution in [0.3, 0.4) is 0 Å². The van der Waals surface area contributed by atoms with Gasteiger partial charge >= 0.3 is 0 Å². The van der Waals surface area contributed by atoms with Crippen molar-refractivity contribution in [3.63, 3.8) is 0 Å². The first kappa shape index (κ1) is 17.6. The summed E-state index contributed by atoms with van der Waals surface area (Å²) in [4.78, 5) is 15.2. The summed E-state index contributed by atoms with van der Waals surface area (Å²) in [6.07, 6.45) is 5.21. The van der Waals surface area contributed by atoms with Crippen LogP contribution in [0, 0.1) is 5.92 Å². The Morgan fingerprint density at radius 2 is 1.91 bits per heavy atom. The van der Waals surface area contributed by atoms with Crippen LogP contribution >= 0.6 is 24.0 Å². The van der Waals surface area contributed by atoms with Crippen LogP contribution in [-0.4, -0.2) is 30.4 Å². The van der Waals surface area contributed by atoms with Crippen LogP contribution in [0.25, 0.3) is 0 Å². The van der Waals surface area contributed by atoms with Crippen molar-refractivity contribution in [1.82, 2.24) is 4.90 Å². The second-order valence-electron chi connectivity index (χ2n) is 6.44. The maximum atomic E-state index is 13.2. The minimum Gasteiger partial charge on any atom is -0.342 e. The van der Waals surface area contributed by atoms with E-state index in [1.165, 1.54) is 0 Å². The van der Waals surface area contributed by atoms with Crippen molar-refractivity contribution in [3.05, 3.63) is 34.9 Å². The lowest BCUT2D eigenvalue weighted by molar-refractivity contribution is -0.136. The molecule has 0 radical (unpaired) electrons. The van der Waals surface area contributed by atoms with Crippen molar-refractivity contribution in [2.45, 2.75) is 37.5 Å². The van der Waals surface area contributed by atoms with E-state index in [4.69, 9.17) is 17.3 Å². The van der Waals surface area contributed by atoms with Crippen LogP contribution in [0.5, 0.6) is 0 Å². The molecule has 1 saturated heterocycles. The highest BCUT2D eigenvalue weighted by atomic mass is 35.5. The van der Waals surface area contributed by atoms with Crippen molar-refractivity contribution >= 4 is 29.9 Å². The molecule has 3 nitrogen and oxygen atoms in total. The summed E-state index contributed by atoms with van der Waals surface area (Å²) in [5, 5.41) is 0.726. The molecule has 5 heteroatoms. The number of carbonyl (C=O) groups is 1. The maximum absolute atomic E-state index is 13.2. The molecule has 1 heterocycles. The molecule has 1 amide bonds. The molecule has 3 rings (SSSR count). The van der Waals surface area contributed by atoms with E-state index in [0.29, 0.717) is 18.4 Å². The predicted molar refractivity (Wildman–Crippen MR) is 92.6 cm³/mol. The molecule has 0 aromatic heterocycles. The zero-order chi connectivity index (χ0) is 14.9. The minimum absolute atomic E-state index is 0. The predicted octanol–water partition coefficient (Wildman–Crippen LogP) is 3.38. The maximum Gasteiger partial charge on any atom is 0.233 e. The van der Waals surface area contributed by atoms with Gasteiger partial charge in [0.2, 0.25) is 5.91 Å². The van der Waals surface area contributed by atoms with Gasteiger partial charge in [-0.1, -0.05) is 36.6 Å². The molecule has 0 bridgehead atoms. The number of rotatable bonds is 3. The largest absolute Gasteiger partial charge is 0.342 e. The molecule has 1 aliphatic heterocycles. The van der Waals surface area contributed by atoms with Crippen molar-refractivity contribution in [3.8, 4) is 0 Å². The van der Waals surface area contributed by atoms with Crippen molar-refractivity contribution < 1.29 is 4.79 Å². The molecule has 2 N–H and O–H groups in total. The molecule has 1 aromatic rings. The fourth-order valence-corrected chi connectivity index (χ4v) is 4.01. The molecular formula is C17H24Cl2N2O. The van der Waals surface area contributed by atoms with Gasteiger partial charge in [0.05, 0.1) is 5.41 Å². The SMILES string of the molecule is Cl.NCC1CCN(C(=O)C2(c3ccc(Cl)cc3)CCCC2)C1. The third kappa shape index (κ3) is 3.12. The molecule has 1 unspecified atom stereocenters. The van der Waals surface area contributed by atoms with Gasteiger partial charge in [-0.15, -0.1) is 12.4 Å². The fourth-order valence-electron chi connectivity index (χ4n) is 3.89. The number of nitrogens with zero attached hydrogens (tertiary/aromatic N) is 1. The molecule has 1 atom stereocenters. The first-order valence-electron chi connectivity index (χ1n) is 7.91. The fraction of sp³-hybridized carbons (Fsp3) is 0.588. The monoisotopic (exact) mass is 342 g/mol. The first-order chi connectivity index (χ1) is 10.2. The summed E-state index contributed by atoms with van der Waals surface area (Å²) in [7, 11) is 0. The topological polar surface area (TPSA) is 46.3 Å². The van der Waals surface area contributed by atoms with Crippen LogP contribution in [0.1, 0.15) is 37.7 Å². The number of carbonyl (C=O) groups excluding carboxylic acids is 1. The highest BCUT2D eigenvalue weighted by Crippen LogP contribution is 2.43. The van der Waals surface area contributed by atoms with E-state index < -0.39 is 0 Å². The Morgan fingerprint density at radius 1 is 1.27 bits per heavy atom. The molecular weight excluding hydrogens is 319 g/mol. The Labute approximate surface area is 143 Å². The van der Waals surface area contributed by atoms with Crippen LogP contribution in [0.2, 0.25) is 5.02 Å². The smallest absolute Gasteiger partial charge is 0.233 e. The summed E-state index contributed by atoms with van der Waals surface area (Å²) in [5.74, 6) is 0.774. The van der Waals surface area contributed by atoms with Gasteiger partial charge < -0.3 is 10.6 Å². The number of hydrogen-bond acceptors (Lipinski definition) is 2. The number of likely N-dealkylation sites (tertiary alicyclic amines) is 1. The Hall–Kier alpha value is -0.770. The molecule has 122 valence electrons. The summed E-state index contributed by atoms with van der Waals surface area (Å²) < 4.78 is 0. The number of nitrogens with two attached hydrogens (primary N) is 1. The van der Waals surface area contributed by atoms with E-state index >= 15 is 0 Å². The number of hydrogen-bond donors (Lipinski definition) is 1. The third-order valence-corrected chi connectivity index (χ3v) is 5.42. The summed E-state index contributed by atoms with van der Waals surface area (Å²) in [6.45, 7) is 2.36. The van der Waals surface area contributed by atoms with Crippen LogP contribution in [-0.2, 0) is 10.2 Å². The zero-order valence-electron chi connectivity index (χ0n) is 12.8. The molecule has 2 aliphatic rings. The quantitative estimate of drug-likeness (QED) is 0.915. The van der Waals surface area contributed by atoms with E-state index in [1.54, 1.807) is 0 Å². The second-order valence-corrected chi connectivity index (χ2v) is 6.87. The standard InChI is InChI=1S/C17H23ClN2O.ClH/c18-15-5-3-14(4-6-15)17(8-1-2-9-17)16(21)20-10-7-13(11-19)12-20;/h3-6,13H,1-2,7-12,19H2;1H. The Kier molecular flexibility index (Phi) is 5.76. The Balaban J connectivity index is 0.00000176. The highest BCUT2D eigenvalue weighted by Gasteiger charge is 2.46. The molecule has 1 saturated carbocycles. The van der Waals surface area contributed by atoms with Gasteiger partial charge in [0.25, 0.3) is 0 Å². The van der Waals surface area contributed by atoms with Gasteiger partial charge in [-0.25, -0.2) is 0 Å². The lowest BCUT2D eigenvalue weighted by atomic mass is 9.77. The zero-order valence-corrected chi connectivity index (χ0v) is 14.3. The average molecular weight is 343 g/mol. The van der Waals surface area contributed by atoms with Crippen LogP contribution in [0.15, 0.2) is 24.3 Å². The lowest BCUT2D eigenvalue weighted by Crippen LogP contribution is -2.44. The molecule has 2 fully saturated rings. The lowest BCUT2D eigenvalue weighted by Gasteiger charge is -2.33. The average Bonchev–Trinajstić information content (AvgIpc) is 3.17. The first-order valence-corrected chi connectivity index (χ1v) is 8.29. The van der Waals surface area contributed by atoms with Gasteiger partial charge in [0.15, 0.2) is 0 Å². The van der Waals surface area contributed by atoms with Gasteiger partial charge in [-0.3, -0.25) is 4.79 Å². The van der Waals surface area contributed by atoms with Crippen LogP contribution < -0.4 is 5.73 Å². The van der Waals surface area contributed by atoms with E-state index in [2.05, 4.69) is 0 Å². The summed E-state index contributed by atoms with van der Waals surface area (Å²) in [6, 6.07) is 7.86. The number of halogens is 2. The van der Waals surface area contributed by atoms with Crippen LogP contribution in [0.4, 0.5) is 0 Å². The molecule has 1 aromatic carbocycles. The highest BCUT2D eigenvalue weighted by molar-refractivity contribution is 6.30. The number of amides is 1. The second kappa shape index (κ2) is 7.20. The van der Waals surface area contributed by atoms with Gasteiger partial charge in [-0.2, -0.15) is 0 Å². The van der Waals surface area contributed by atoms with Crippen molar-refractivity contribution in [2.75, 3.05) is 19.6 Å². The van der Waals surface area contributed by atoms with E-state index in [1.807, 2.05) is 29.2 Å². The van der Waals surface area contributed by atoms with E-state index in [-0.39, 0.29) is 17.8 Å². The molecule has 1 aliphatic carbocycles. The van der Waals surface area contributed by atoms with Gasteiger partial charge in [0.1, 0.15) is 0 Å². The van der Waals surface area contributed by atoms with Crippen molar-refractivity contribution in [1.29, 1.82) is 0 Å². The summed E-state index contributed by atoms with van der Waals surface area (Å²) >= 11 is 6.00. The van der Waals surface area contributed by atoms with E-state index in [9.17, 15) is 4.79 Å². The van der Waals surface area contributed by atoms with E-state index in [0.717, 1.165) is 55.8 Å². The van der Waals surface area contributed by atoms with Gasteiger partial charge in [0, 0.05) is 18.1 Å². The Bertz CT molecular complexity index is 512. The third-order valence-electron chi connectivity index (χ3n) is 5.17. The van der Waals surface area contributed by atoms with Gasteiger partial charge in [-0.05, 0) is 49.4 Å². The molecule has 22 heavy (non-hydrogen) atoms. The van der Waals surface area contributed by atoms with Crippen molar-refractivity contribution in [2.24, 2.45) is 11.7 Å². The molecule has 0 spiro atoms. The summed E-state index contributed by atoms with van der Waals surface area (Å²) in [5.41, 5.74) is 6.56. The number of benzene rings is 1. The normalized spacial score (nSPS) is 23.4. The Morgan fingerprint density at radius 3 is 2.45 bits per heavy atom. The minimum atomic E-state index is -0.325.